The molecule has 0 bridgehead atoms. The van der Waals surface area contributed by atoms with Crippen LogP contribution in [-0.4, -0.2) is 96.7 Å². The van der Waals surface area contributed by atoms with Crippen LogP contribution in [-0.2, 0) is 65.4 Å². The van der Waals surface area contributed by atoms with Crippen LogP contribution >= 0.6 is 15.6 Å². The smallest absolute Gasteiger partial charge is 0.462 e. The molecule has 642 valence electrons. The van der Waals surface area contributed by atoms with E-state index in [0.29, 0.717) is 25.7 Å². The average Bonchev–Trinajstić information content (AvgIpc) is 0.899. The maximum absolute atomic E-state index is 13.2. The molecule has 0 rings (SSSR count). The number of phosphoric ester groups is 2. The number of esters is 4. The fourth-order valence-corrected chi connectivity index (χ4v) is 15.5. The third kappa shape index (κ3) is 79.3. The van der Waals surface area contributed by atoms with Crippen LogP contribution in [0.3, 0.4) is 0 Å². The van der Waals surface area contributed by atoms with Crippen molar-refractivity contribution in [3.8, 4) is 0 Å². The van der Waals surface area contributed by atoms with E-state index in [1.165, 1.54) is 295 Å². The van der Waals surface area contributed by atoms with Gasteiger partial charge in [-0.2, -0.15) is 0 Å². The van der Waals surface area contributed by atoms with Crippen molar-refractivity contribution >= 4 is 39.5 Å². The molecule has 0 heterocycles. The molecule has 17 nitrogen and oxygen atoms in total. The second-order valence-electron chi connectivity index (χ2n) is 32.5. The first kappa shape index (κ1) is 106. The first-order chi connectivity index (χ1) is 52.4. The Balaban J connectivity index is 5.20. The number of phosphoric acid groups is 2. The normalized spacial score (nSPS) is 14.3. The zero-order chi connectivity index (χ0) is 79.2. The molecule has 0 aliphatic heterocycles. The number of hydrogen-bond donors (Lipinski definition) is 3. The molecular formula is C89H174O17P2. The Hall–Kier alpha value is -1.94. The Morgan fingerprint density at radius 3 is 0.657 bits per heavy atom. The van der Waals surface area contributed by atoms with Gasteiger partial charge in [-0.05, 0) is 37.5 Å². The minimum absolute atomic E-state index is 0.107. The molecule has 3 N–H and O–H groups in total. The van der Waals surface area contributed by atoms with Crippen LogP contribution in [0.25, 0.3) is 0 Å². The van der Waals surface area contributed by atoms with Gasteiger partial charge in [-0.15, -0.1) is 0 Å². The van der Waals surface area contributed by atoms with Crippen LogP contribution < -0.4 is 0 Å². The van der Waals surface area contributed by atoms with E-state index in [9.17, 15) is 43.2 Å². The van der Waals surface area contributed by atoms with E-state index in [2.05, 4.69) is 41.5 Å². The Labute approximate surface area is 664 Å². The van der Waals surface area contributed by atoms with Gasteiger partial charge in [-0.25, -0.2) is 9.13 Å². The van der Waals surface area contributed by atoms with E-state index >= 15 is 0 Å². The number of hydrogen-bond acceptors (Lipinski definition) is 15. The molecule has 0 saturated carbocycles. The number of carbonyl (C=O) groups is 4. The minimum Gasteiger partial charge on any atom is -0.462 e. The van der Waals surface area contributed by atoms with E-state index in [0.717, 1.165) is 102 Å². The van der Waals surface area contributed by atoms with Crippen molar-refractivity contribution in [2.45, 2.75) is 496 Å². The van der Waals surface area contributed by atoms with Crippen LogP contribution in [0.4, 0.5) is 0 Å². The van der Waals surface area contributed by atoms with Crippen LogP contribution in [0.1, 0.15) is 478 Å². The molecule has 0 aliphatic rings. The SMILES string of the molecule is CCCCCCCCCCCCCCCCCCCCCCCCC(=O)OC[C@H](COP(=O)(O)OC[C@@H](O)COP(=O)(O)OC[C@@H](COC(=O)CCCCCCCCCCCC)OC(=O)CCCCCCCCCCCCC(C)CC)OC(=O)CCCCCCCCCCCCCCCCCCCCC(C)CC. The number of unbranched alkanes of at least 4 members (excludes halogenated alkanes) is 56. The van der Waals surface area contributed by atoms with Crippen molar-refractivity contribution in [1.29, 1.82) is 0 Å². The summed E-state index contributed by atoms with van der Waals surface area (Å²) in [4.78, 5) is 73.3. The highest BCUT2D eigenvalue weighted by Crippen LogP contribution is 2.45. The molecule has 4 unspecified atom stereocenters. The monoisotopic (exact) mass is 1580 g/mol. The topological polar surface area (TPSA) is 237 Å². The lowest BCUT2D eigenvalue weighted by Gasteiger charge is -2.21. The molecule has 19 heteroatoms. The Bertz CT molecular complexity index is 2070. The number of aliphatic hydroxyl groups excluding tert-OH is 1. The quantitative estimate of drug-likeness (QED) is 0.0222. The highest BCUT2D eigenvalue weighted by Gasteiger charge is 2.31. The molecule has 0 fully saturated rings. The second-order valence-corrected chi connectivity index (χ2v) is 35.4. The van der Waals surface area contributed by atoms with Crippen LogP contribution in [0, 0.1) is 11.8 Å². The summed E-state index contributed by atoms with van der Waals surface area (Å²) in [6.45, 7) is 9.76. The van der Waals surface area contributed by atoms with Gasteiger partial charge in [0.05, 0.1) is 26.4 Å². The zero-order valence-corrected chi connectivity index (χ0v) is 73.0. The average molecular weight is 1580 g/mol. The summed E-state index contributed by atoms with van der Waals surface area (Å²) in [6.07, 6.45) is 73.7. The lowest BCUT2D eigenvalue weighted by Crippen LogP contribution is -2.30. The summed E-state index contributed by atoms with van der Waals surface area (Å²) < 4.78 is 68.9. The fourth-order valence-electron chi connectivity index (χ4n) is 13.9. The molecule has 0 saturated heterocycles. The van der Waals surface area contributed by atoms with Gasteiger partial charge in [0.1, 0.15) is 19.3 Å². The first-order valence-corrected chi connectivity index (χ1v) is 49.1. The zero-order valence-electron chi connectivity index (χ0n) is 71.2. The predicted octanol–water partition coefficient (Wildman–Crippen LogP) is 27.4. The number of carbonyl (C=O) groups excluding carboxylic acids is 4. The molecule has 0 radical (unpaired) electrons. The fraction of sp³-hybridized carbons (Fsp3) is 0.955. The van der Waals surface area contributed by atoms with Gasteiger partial charge in [0.25, 0.3) is 0 Å². The maximum Gasteiger partial charge on any atom is 0.472 e. The molecule has 108 heavy (non-hydrogen) atoms. The summed E-state index contributed by atoms with van der Waals surface area (Å²) >= 11 is 0. The Morgan fingerprint density at radius 2 is 0.444 bits per heavy atom. The van der Waals surface area contributed by atoms with Gasteiger partial charge >= 0.3 is 39.5 Å². The number of rotatable bonds is 88. The Morgan fingerprint density at radius 1 is 0.259 bits per heavy atom. The van der Waals surface area contributed by atoms with Crippen molar-refractivity contribution < 1.29 is 80.2 Å². The molecule has 0 aromatic heterocycles. The van der Waals surface area contributed by atoms with E-state index < -0.39 is 97.5 Å². The molecular weight excluding hydrogens is 1400 g/mol. The number of ether oxygens (including phenoxy) is 4. The lowest BCUT2D eigenvalue weighted by molar-refractivity contribution is -0.161. The minimum atomic E-state index is -4.97. The summed E-state index contributed by atoms with van der Waals surface area (Å²) in [5.41, 5.74) is 0. The van der Waals surface area contributed by atoms with Gasteiger partial charge in [-0.1, -0.05) is 427 Å². The van der Waals surface area contributed by atoms with Gasteiger partial charge < -0.3 is 33.8 Å². The highest BCUT2D eigenvalue weighted by atomic mass is 31.2. The molecule has 0 amide bonds. The third-order valence-corrected chi connectivity index (χ3v) is 23.6. The van der Waals surface area contributed by atoms with E-state index in [4.69, 9.17) is 37.0 Å². The number of aliphatic hydroxyl groups is 1. The standard InChI is InChI=1S/C89H174O17P2/c1-7-11-13-15-17-19-21-22-23-24-25-26-27-28-32-35-38-41-48-54-60-66-72-87(92)100-78-85(105-88(93)73-67-61-55-49-42-39-36-33-30-29-31-34-37-40-45-51-57-63-69-81(5)9-3)80-104-108(97,98)102-76-83(90)75-101-107(95,96)103-79-84(77-99-86(91)71-65-59-53-47-20-18-16-14-12-8-2)106-89(94)74-68-62-56-50-44-43-46-52-58-64-70-82(6)10-4/h81-85,90H,7-80H2,1-6H3,(H,95,96)(H,97,98)/t81?,82?,83-,84+,85+/m0/s1. The highest BCUT2D eigenvalue weighted by molar-refractivity contribution is 7.47. The summed E-state index contributed by atoms with van der Waals surface area (Å²) in [7, 11) is -9.93. The van der Waals surface area contributed by atoms with E-state index in [1.54, 1.807) is 0 Å². The predicted molar refractivity (Wildman–Crippen MR) is 446 cm³/mol. The van der Waals surface area contributed by atoms with E-state index in [-0.39, 0.29) is 25.7 Å². The van der Waals surface area contributed by atoms with Crippen molar-refractivity contribution in [3.63, 3.8) is 0 Å². The second kappa shape index (κ2) is 80.3. The third-order valence-electron chi connectivity index (χ3n) is 21.7. The Kier molecular flexibility index (Phi) is 78.8. The van der Waals surface area contributed by atoms with E-state index in [1.807, 2.05) is 0 Å². The van der Waals surface area contributed by atoms with Gasteiger partial charge in [0.15, 0.2) is 12.2 Å². The van der Waals surface area contributed by atoms with Gasteiger partial charge in [0.2, 0.25) is 0 Å². The maximum atomic E-state index is 13.2. The van der Waals surface area contributed by atoms with Crippen molar-refractivity contribution in [3.05, 3.63) is 0 Å². The summed E-state index contributed by atoms with van der Waals surface area (Å²) in [5.74, 6) is -0.426. The summed E-state index contributed by atoms with van der Waals surface area (Å²) in [6, 6.07) is 0. The largest absolute Gasteiger partial charge is 0.472 e. The summed E-state index contributed by atoms with van der Waals surface area (Å²) in [5, 5.41) is 10.7. The molecule has 0 aromatic rings. The molecule has 7 atom stereocenters. The lowest BCUT2D eigenvalue weighted by atomic mass is 9.99. The van der Waals surface area contributed by atoms with Crippen molar-refractivity contribution in [1.82, 2.24) is 0 Å². The van der Waals surface area contributed by atoms with Crippen LogP contribution in [0.2, 0.25) is 0 Å². The van der Waals surface area contributed by atoms with Crippen LogP contribution in [0.15, 0.2) is 0 Å². The van der Waals surface area contributed by atoms with Crippen LogP contribution in [0.5, 0.6) is 0 Å². The first-order valence-electron chi connectivity index (χ1n) is 46.1. The molecule has 0 aliphatic carbocycles. The van der Waals surface area contributed by atoms with Gasteiger partial charge in [0, 0.05) is 25.7 Å². The van der Waals surface area contributed by atoms with Crippen molar-refractivity contribution in [2.75, 3.05) is 39.6 Å². The molecule has 0 aromatic carbocycles. The molecule has 0 spiro atoms. The van der Waals surface area contributed by atoms with Crippen molar-refractivity contribution in [2.24, 2.45) is 11.8 Å². The van der Waals surface area contributed by atoms with Gasteiger partial charge in [-0.3, -0.25) is 37.3 Å².